The van der Waals surface area contributed by atoms with Crippen molar-refractivity contribution in [1.29, 1.82) is 0 Å². The smallest absolute Gasteiger partial charge is 0.387 e. The molecular weight excluding hydrogens is 445 g/mol. The second-order valence-electron chi connectivity index (χ2n) is 5.90. The highest BCUT2D eigenvalue weighted by atomic mass is 35.5. The van der Waals surface area contributed by atoms with E-state index in [0.29, 0.717) is 6.07 Å². The number of rotatable bonds is 8. The van der Waals surface area contributed by atoms with Crippen molar-refractivity contribution in [2.75, 3.05) is 5.32 Å². The highest BCUT2D eigenvalue weighted by Crippen LogP contribution is 2.30. The Morgan fingerprint density at radius 2 is 1.94 bits per heavy atom. The van der Waals surface area contributed by atoms with E-state index in [-0.39, 0.29) is 40.3 Å². The van der Waals surface area contributed by atoms with Crippen molar-refractivity contribution >= 4 is 28.9 Å². The van der Waals surface area contributed by atoms with Crippen LogP contribution in [0.5, 0.6) is 11.5 Å². The van der Waals surface area contributed by atoms with Gasteiger partial charge in [0, 0.05) is 18.2 Å². The van der Waals surface area contributed by atoms with Gasteiger partial charge in [-0.25, -0.2) is 4.39 Å². The van der Waals surface area contributed by atoms with E-state index in [0.717, 1.165) is 18.2 Å². The number of carbonyl (C=O) groups excluding carboxylic acids is 1. The molecule has 1 aromatic heterocycles. The summed E-state index contributed by atoms with van der Waals surface area (Å²) in [6, 6.07) is 9.12. The summed E-state index contributed by atoms with van der Waals surface area (Å²) in [5, 5.41) is 13.0. The van der Waals surface area contributed by atoms with Crippen LogP contribution >= 0.6 is 11.6 Å². The van der Waals surface area contributed by atoms with Gasteiger partial charge in [0.2, 0.25) is 0 Å². The fourth-order valence-corrected chi connectivity index (χ4v) is 2.65. The molecule has 0 aliphatic rings. The molecule has 1 amide bonds. The Labute approximate surface area is 177 Å². The number of carbonyl (C=O) groups is 1. The second-order valence-corrected chi connectivity index (χ2v) is 6.31. The van der Waals surface area contributed by atoms with Gasteiger partial charge in [-0.3, -0.25) is 14.9 Å². The summed E-state index contributed by atoms with van der Waals surface area (Å²) in [4.78, 5) is 22.4. The van der Waals surface area contributed by atoms with Crippen molar-refractivity contribution in [2.24, 2.45) is 0 Å². The van der Waals surface area contributed by atoms with Gasteiger partial charge in [-0.2, -0.15) is 8.78 Å². The maximum Gasteiger partial charge on any atom is 0.387 e. The molecule has 3 aromatic rings. The molecule has 8 nitrogen and oxygen atoms in total. The summed E-state index contributed by atoms with van der Waals surface area (Å²) in [6.45, 7) is -3.36. The fourth-order valence-electron chi connectivity index (χ4n) is 2.42. The number of hydrogen-bond donors (Lipinski definition) is 1. The summed E-state index contributed by atoms with van der Waals surface area (Å²) in [6.07, 6.45) is 0. The van der Waals surface area contributed by atoms with Crippen molar-refractivity contribution in [1.82, 2.24) is 0 Å². The summed E-state index contributed by atoms with van der Waals surface area (Å²) in [5.74, 6) is -1.98. The maximum absolute atomic E-state index is 13.3. The molecule has 0 unspecified atom stereocenters. The topological polar surface area (TPSA) is 104 Å². The van der Waals surface area contributed by atoms with Gasteiger partial charge in [0.05, 0.1) is 15.6 Å². The van der Waals surface area contributed by atoms with Gasteiger partial charge < -0.3 is 19.2 Å². The van der Waals surface area contributed by atoms with E-state index in [2.05, 4.69) is 10.1 Å². The van der Waals surface area contributed by atoms with E-state index in [4.69, 9.17) is 20.8 Å². The lowest BCUT2D eigenvalue weighted by molar-refractivity contribution is -0.384. The second kappa shape index (κ2) is 9.39. The van der Waals surface area contributed by atoms with Gasteiger partial charge in [0.25, 0.3) is 11.6 Å². The molecule has 0 fully saturated rings. The number of ether oxygens (including phenoxy) is 2. The average Bonchev–Trinajstić information content (AvgIpc) is 3.17. The van der Waals surface area contributed by atoms with Crippen LogP contribution in [0.25, 0.3) is 0 Å². The first kappa shape index (κ1) is 22.0. The van der Waals surface area contributed by atoms with E-state index >= 15 is 0 Å². The van der Waals surface area contributed by atoms with Crippen molar-refractivity contribution in [2.45, 2.75) is 13.2 Å². The minimum absolute atomic E-state index is 0.0154. The van der Waals surface area contributed by atoms with Crippen LogP contribution in [0.1, 0.15) is 16.3 Å². The summed E-state index contributed by atoms with van der Waals surface area (Å²) in [7, 11) is 0. The molecule has 0 atom stereocenters. The Morgan fingerprint density at radius 3 is 2.61 bits per heavy atom. The molecule has 1 N–H and O–H groups in total. The number of alkyl halides is 2. The average molecular weight is 457 g/mol. The minimum atomic E-state index is -3.21. The number of anilines is 1. The molecule has 0 saturated carbocycles. The standard InChI is InChI=1S/C19H12ClF3N2O6/c20-13-8-11(25(27)28)2-5-15(13)29-9-12-3-6-16(30-12)18(26)24-14-4-1-10(21)7-17(14)31-19(22)23/h1-8,19H,9H2,(H,24,26). The number of halogens is 4. The van der Waals surface area contributed by atoms with E-state index in [1.165, 1.54) is 24.3 Å². The van der Waals surface area contributed by atoms with E-state index in [1.807, 2.05) is 0 Å². The summed E-state index contributed by atoms with van der Waals surface area (Å²) >= 11 is 5.93. The molecule has 0 bridgehead atoms. The summed E-state index contributed by atoms with van der Waals surface area (Å²) < 4.78 is 53.2. The first-order valence-electron chi connectivity index (χ1n) is 8.44. The molecule has 2 aromatic carbocycles. The number of nitro groups is 1. The molecule has 0 spiro atoms. The number of nitrogens with one attached hydrogen (secondary N) is 1. The molecule has 0 aliphatic carbocycles. The van der Waals surface area contributed by atoms with Gasteiger partial charge in [-0.15, -0.1) is 0 Å². The Hall–Kier alpha value is -3.73. The Morgan fingerprint density at radius 1 is 1.16 bits per heavy atom. The van der Waals surface area contributed by atoms with Crippen LogP contribution in [0.15, 0.2) is 52.9 Å². The van der Waals surface area contributed by atoms with Gasteiger partial charge in [0.1, 0.15) is 23.9 Å². The number of benzene rings is 2. The molecule has 3 rings (SSSR count). The van der Waals surface area contributed by atoms with E-state index < -0.39 is 29.0 Å². The minimum Gasteiger partial charge on any atom is -0.484 e. The highest BCUT2D eigenvalue weighted by Gasteiger charge is 2.17. The zero-order valence-corrected chi connectivity index (χ0v) is 16.1. The third kappa shape index (κ3) is 5.66. The molecule has 162 valence electrons. The molecule has 31 heavy (non-hydrogen) atoms. The lowest BCUT2D eigenvalue weighted by Gasteiger charge is -2.11. The van der Waals surface area contributed by atoms with Crippen LogP contribution in [0, 0.1) is 15.9 Å². The van der Waals surface area contributed by atoms with Crippen LogP contribution in [0.2, 0.25) is 5.02 Å². The SMILES string of the molecule is O=C(Nc1ccc(F)cc1OC(F)F)c1ccc(COc2ccc([N+](=O)[O-])cc2Cl)o1. The monoisotopic (exact) mass is 456 g/mol. The zero-order valence-electron chi connectivity index (χ0n) is 15.3. The quantitative estimate of drug-likeness (QED) is 0.359. The van der Waals surface area contributed by atoms with E-state index in [1.54, 1.807) is 0 Å². The predicted molar refractivity (Wildman–Crippen MR) is 102 cm³/mol. The summed E-state index contributed by atoms with van der Waals surface area (Å²) in [5.41, 5.74) is -0.385. The largest absolute Gasteiger partial charge is 0.484 e. The van der Waals surface area contributed by atoms with Crippen LogP contribution < -0.4 is 14.8 Å². The first-order valence-corrected chi connectivity index (χ1v) is 8.82. The number of furan rings is 1. The molecule has 12 heteroatoms. The Balaban J connectivity index is 1.66. The van der Waals surface area contributed by atoms with Gasteiger partial charge in [-0.1, -0.05) is 11.6 Å². The number of nitro benzene ring substituents is 1. The lowest BCUT2D eigenvalue weighted by Crippen LogP contribution is -2.13. The zero-order chi connectivity index (χ0) is 22.5. The van der Waals surface area contributed by atoms with Crippen LogP contribution in [0.4, 0.5) is 24.5 Å². The predicted octanol–water partition coefficient (Wildman–Crippen LogP) is 5.41. The third-order valence-electron chi connectivity index (χ3n) is 3.79. The molecule has 0 saturated heterocycles. The van der Waals surface area contributed by atoms with Gasteiger partial charge in [0.15, 0.2) is 11.5 Å². The number of amides is 1. The van der Waals surface area contributed by atoms with Crippen LogP contribution in [0.3, 0.4) is 0 Å². The van der Waals surface area contributed by atoms with Crippen LogP contribution in [-0.4, -0.2) is 17.4 Å². The molecule has 0 radical (unpaired) electrons. The maximum atomic E-state index is 13.3. The first-order chi connectivity index (χ1) is 14.7. The van der Waals surface area contributed by atoms with Crippen LogP contribution in [-0.2, 0) is 6.61 Å². The van der Waals surface area contributed by atoms with Crippen molar-refractivity contribution in [3.8, 4) is 11.5 Å². The van der Waals surface area contributed by atoms with Gasteiger partial charge >= 0.3 is 6.61 Å². The Kier molecular flexibility index (Phi) is 6.65. The highest BCUT2D eigenvalue weighted by molar-refractivity contribution is 6.32. The molecular formula is C19H12ClF3N2O6. The molecule has 1 heterocycles. The van der Waals surface area contributed by atoms with Crippen molar-refractivity contribution in [3.05, 3.63) is 81.0 Å². The van der Waals surface area contributed by atoms with Crippen molar-refractivity contribution < 1.29 is 36.8 Å². The fraction of sp³-hybridized carbons (Fsp3) is 0.105. The molecule has 0 aliphatic heterocycles. The van der Waals surface area contributed by atoms with E-state index in [9.17, 15) is 28.1 Å². The number of nitrogens with zero attached hydrogens (tertiary/aromatic N) is 1. The third-order valence-corrected chi connectivity index (χ3v) is 4.08. The van der Waals surface area contributed by atoms with Crippen molar-refractivity contribution in [3.63, 3.8) is 0 Å². The Bertz CT molecular complexity index is 1120. The lowest BCUT2D eigenvalue weighted by atomic mass is 10.2. The number of non-ortho nitro benzene ring substituents is 1. The number of hydrogen-bond acceptors (Lipinski definition) is 6. The van der Waals surface area contributed by atoms with Gasteiger partial charge in [-0.05, 0) is 30.3 Å². The normalized spacial score (nSPS) is 10.7.